The van der Waals surface area contributed by atoms with Crippen LogP contribution in [0.25, 0.3) is 0 Å². The first-order valence-corrected chi connectivity index (χ1v) is 8.96. The van der Waals surface area contributed by atoms with Crippen LogP contribution in [0.5, 0.6) is 5.75 Å². The van der Waals surface area contributed by atoms with Crippen LogP contribution in [-0.2, 0) is 9.59 Å². The molecule has 0 fully saturated rings. The molecule has 28 heavy (non-hydrogen) atoms. The summed E-state index contributed by atoms with van der Waals surface area (Å²) >= 11 is 17.6. The van der Waals surface area contributed by atoms with Gasteiger partial charge >= 0.3 is 0 Å². The summed E-state index contributed by atoms with van der Waals surface area (Å²) in [6.07, 6.45) is 0. The third-order valence-corrected chi connectivity index (χ3v) is 4.11. The molecule has 148 valence electrons. The molecule has 0 aliphatic carbocycles. The molecule has 0 saturated carbocycles. The zero-order valence-corrected chi connectivity index (χ0v) is 16.5. The highest BCUT2D eigenvalue weighted by atomic mass is 35.5. The number of amides is 3. The summed E-state index contributed by atoms with van der Waals surface area (Å²) in [5.41, 5.74) is 8.22. The molecular weight excluding hydrogens is 431 g/mol. The molecule has 0 heterocycles. The van der Waals surface area contributed by atoms with E-state index in [-0.39, 0.29) is 16.3 Å². The van der Waals surface area contributed by atoms with Crippen LogP contribution in [0, 0.1) is 0 Å². The average molecular weight is 446 g/mol. The number of nitrogens with one attached hydrogen (secondary N) is 2. The van der Waals surface area contributed by atoms with E-state index in [1.165, 1.54) is 24.3 Å². The van der Waals surface area contributed by atoms with Crippen molar-refractivity contribution in [1.29, 1.82) is 0 Å². The van der Waals surface area contributed by atoms with Crippen molar-refractivity contribution in [2.45, 2.75) is 5.56 Å². The second-order valence-electron chi connectivity index (χ2n) is 5.22. The quantitative estimate of drug-likeness (QED) is 0.482. The predicted molar refractivity (Wildman–Crippen MR) is 105 cm³/mol. The minimum atomic E-state index is -1.51. The van der Waals surface area contributed by atoms with Crippen LogP contribution in [0.2, 0.25) is 10.0 Å². The van der Waals surface area contributed by atoms with Gasteiger partial charge in [0.25, 0.3) is 23.3 Å². The smallest absolute Gasteiger partial charge is 0.297 e. The Morgan fingerprint density at radius 3 is 2.29 bits per heavy atom. The molecule has 2 aromatic rings. The first kappa shape index (κ1) is 21.8. The van der Waals surface area contributed by atoms with Gasteiger partial charge in [0, 0.05) is 5.02 Å². The number of alkyl halides is 1. The summed E-state index contributed by atoms with van der Waals surface area (Å²) in [4.78, 5) is 36.5. The Kier molecular flexibility index (Phi) is 7.89. The van der Waals surface area contributed by atoms with Crippen molar-refractivity contribution < 1.29 is 19.1 Å². The zero-order valence-electron chi connectivity index (χ0n) is 14.2. The second kappa shape index (κ2) is 10.1. The first-order chi connectivity index (χ1) is 13.3. The Labute approximate surface area is 175 Å². The molecule has 1 atom stereocenters. The lowest BCUT2D eigenvalue weighted by atomic mass is 10.2. The fraction of sp³-hybridized carbons (Fsp3) is 0.118. The molecule has 0 aromatic heterocycles. The number of carbonyl (C=O) groups excluding carboxylic acids is 3. The topological polar surface area (TPSA) is 114 Å². The third kappa shape index (κ3) is 6.00. The van der Waals surface area contributed by atoms with E-state index in [1.54, 1.807) is 24.3 Å². The number of nitrogens with zero attached hydrogens (tertiary/aromatic N) is 1. The highest BCUT2D eigenvalue weighted by molar-refractivity contribution is 6.33. The summed E-state index contributed by atoms with van der Waals surface area (Å²) in [5, 5.41) is 1.16. The lowest BCUT2D eigenvalue weighted by molar-refractivity contribution is -0.144. The van der Waals surface area contributed by atoms with E-state index in [1.807, 2.05) is 0 Å². The van der Waals surface area contributed by atoms with Crippen LogP contribution in [0.1, 0.15) is 10.4 Å². The van der Waals surface area contributed by atoms with Crippen molar-refractivity contribution >= 4 is 52.5 Å². The monoisotopic (exact) mass is 444 g/mol. The number of carbonyl (C=O) groups is 3. The number of benzene rings is 2. The van der Waals surface area contributed by atoms with Crippen molar-refractivity contribution in [2.75, 3.05) is 6.54 Å². The Bertz CT molecular complexity index is 864. The standard InChI is InChI=1S/C17H15Cl3N4O4/c18-10-5-7-11(8-6-10)28-15(20)17(27)23-24(14(25)9-21)22-16(26)12-3-1-2-4-13(12)19/h1-8,15H,9,21H2,(H,22,26)(H,23,27). The maximum Gasteiger partial charge on any atom is 0.297 e. The van der Waals surface area contributed by atoms with Crippen LogP contribution in [-0.4, -0.2) is 34.9 Å². The number of rotatable bonds is 5. The molecule has 0 spiro atoms. The largest absolute Gasteiger partial charge is 0.465 e. The lowest BCUT2D eigenvalue weighted by Gasteiger charge is -2.24. The van der Waals surface area contributed by atoms with E-state index in [0.717, 1.165) is 0 Å². The molecule has 0 bridgehead atoms. The molecule has 0 aliphatic heterocycles. The normalized spacial score (nSPS) is 11.3. The minimum Gasteiger partial charge on any atom is -0.465 e. The van der Waals surface area contributed by atoms with Crippen molar-refractivity contribution in [2.24, 2.45) is 5.73 Å². The van der Waals surface area contributed by atoms with Gasteiger partial charge in [-0.25, -0.2) is 10.9 Å². The molecular formula is C17H15Cl3N4O4. The summed E-state index contributed by atoms with van der Waals surface area (Å²) in [5.74, 6) is -2.18. The van der Waals surface area contributed by atoms with Crippen LogP contribution < -0.4 is 21.3 Å². The van der Waals surface area contributed by atoms with E-state index in [0.29, 0.717) is 10.1 Å². The third-order valence-electron chi connectivity index (χ3n) is 3.24. The van der Waals surface area contributed by atoms with Gasteiger partial charge in [0.15, 0.2) is 0 Å². The Morgan fingerprint density at radius 1 is 1.04 bits per heavy atom. The summed E-state index contributed by atoms with van der Waals surface area (Å²) in [6.45, 7) is -0.492. The molecule has 8 nitrogen and oxygen atoms in total. The summed E-state index contributed by atoms with van der Waals surface area (Å²) in [7, 11) is 0. The summed E-state index contributed by atoms with van der Waals surface area (Å²) < 4.78 is 5.25. The number of hydrogen-bond donors (Lipinski definition) is 3. The average Bonchev–Trinajstić information content (AvgIpc) is 2.68. The van der Waals surface area contributed by atoms with Crippen LogP contribution >= 0.6 is 34.8 Å². The van der Waals surface area contributed by atoms with Gasteiger partial charge < -0.3 is 10.5 Å². The Morgan fingerprint density at radius 2 is 1.68 bits per heavy atom. The highest BCUT2D eigenvalue weighted by Gasteiger charge is 2.24. The van der Waals surface area contributed by atoms with Gasteiger partial charge in [-0.3, -0.25) is 14.4 Å². The molecule has 4 N–H and O–H groups in total. The van der Waals surface area contributed by atoms with Crippen molar-refractivity contribution in [3.63, 3.8) is 0 Å². The van der Waals surface area contributed by atoms with Crippen LogP contribution in [0.3, 0.4) is 0 Å². The molecule has 2 rings (SSSR count). The number of ether oxygens (including phenoxy) is 1. The van der Waals surface area contributed by atoms with Crippen molar-refractivity contribution in [3.05, 3.63) is 64.1 Å². The lowest BCUT2D eigenvalue weighted by Crippen LogP contribution is -2.59. The van der Waals surface area contributed by atoms with E-state index >= 15 is 0 Å². The zero-order chi connectivity index (χ0) is 20.7. The van der Waals surface area contributed by atoms with Gasteiger partial charge in [-0.1, -0.05) is 46.9 Å². The SMILES string of the molecule is NCC(=O)N(NC(=O)c1ccccc1Cl)NC(=O)C(Cl)Oc1ccc(Cl)cc1. The number of hydrazine groups is 2. The van der Waals surface area contributed by atoms with Gasteiger partial charge in [-0.15, -0.1) is 0 Å². The molecule has 1 unspecified atom stereocenters. The maximum atomic E-state index is 12.3. The van der Waals surface area contributed by atoms with Crippen molar-refractivity contribution in [3.8, 4) is 5.75 Å². The molecule has 2 aromatic carbocycles. The molecule has 0 radical (unpaired) electrons. The highest BCUT2D eigenvalue weighted by Crippen LogP contribution is 2.18. The van der Waals surface area contributed by atoms with E-state index < -0.39 is 29.8 Å². The van der Waals surface area contributed by atoms with Crippen molar-refractivity contribution in [1.82, 2.24) is 16.0 Å². The predicted octanol–water partition coefficient (Wildman–Crippen LogP) is 2.10. The van der Waals surface area contributed by atoms with Gasteiger partial charge in [0.2, 0.25) is 0 Å². The molecule has 0 saturated heterocycles. The van der Waals surface area contributed by atoms with Gasteiger partial charge in [0.05, 0.1) is 17.1 Å². The van der Waals surface area contributed by atoms with Gasteiger partial charge in [0.1, 0.15) is 5.75 Å². The molecule has 3 amide bonds. The first-order valence-electron chi connectivity index (χ1n) is 7.77. The van der Waals surface area contributed by atoms with Gasteiger partial charge in [-0.05, 0) is 36.4 Å². The minimum absolute atomic E-state index is 0.0908. The molecule has 0 aliphatic rings. The number of halogens is 3. The van der Waals surface area contributed by atoms with Crippen LogP contribution in [0.15, 0.2) is 48.5 Å². The fourth-order valence-electron chi connectivity index (χ4n) is 1.90. The Balaban J connectivity index is 2.05. The maximum absolute atomic E-state index is 12.3. The van der Waals surface area contributed by atoms with Crippen LogP contribution in [0.4, 0.5) is 0 Å². The number of nitrogens with two attached hydrogens (primary N) is 1. The second-order valence-corrected chi connectivity index (χ2v) is 6.46. The van der Waals surface area contributed by atoms with Gasteiger partial charge in [-0.2, -0.15) is 5.12 Å². The molecule has 11 heteroatoms. The summed E-state index contributed by atoms with van der Waals surface area (Å²) in [6, 6.07) is 12.3. The fourth-order valence-corrected chi connectivity index (χ4v) is 2.40. The van der Waals surface area contributed by atoms with E-state index in [2.05, 4.69) is 10.9 Å². The Hall–Kier alpha value is -2.52. The number of hydrogen-bond acceptors (Lipinski definition) is 5. The van der Waals surface area contributed by atoms with E-state index in [4.69, 9.17) is 45.3 Å². The van der Waals surface area contributed by atoms with E-state index in [9.17, 15) is 14.4 Å².